The Labute approximate surface area is 92.6 Å². The molecule has 2 N–H and O–H groups in total. The molecule has 80 valence electrons. The summed E-state index contributed by atoms with van der Waals surface area (Å²) in [6, 6.07) is 8.47. The molecule has 0 atom stereocenters. The number of amides is 2. The first-order chi connectivity index (χ1) is 7.79. The summed E-state index contributed by atoms with van der Waals surface area (Å²) < 4.78 is 0. The van der Waals surface area contributed by atoms with Gasteiger partial charge in [-0.3, -0.25) is 4.98 Å². The van der Waals surface area contributed by atoms with E-state index in [2.05, 4.69) is 9.97 Å². The Hall–Kier alpha value is -2.43. The van der Waals surface area contributed by atoms with Crippen LogP contribution >= 0.6 is 0 Å². The molecule has 0 aliphatic carbocycles. The van der Waals surface area contributed by atoms with Crippen molar-refractivity contribution >= 4 is 17.5 Å². The average molecular weight is 214 g/mol. The van der Waals surface area contributed by atoms with Crippen LogP contribution < -0.4 is 10.6 Å². The summed E-state index contributed by atoms with van der Waals surface area (Å²) in [7, 11) is 0. The molecule has 2 aromatic rings. The lowest BCUT2D eigenvalue weighted by atomic mass is 10.3. The topological polar surface area (TPSA) is 72.1 Å². The number of hydrogen-bond acceptors (Lipinski definition) is 3. The SMILES string of the molecule is NC(=O)N(c1ccccc1)c1cnccn1. The van der Waals surface area contributed by atoms with Crippen LogP contribution in [0, 0.1) is 0 Å². The summed E-state index contributed by atoms with van der Waals surface area (Å²) in [6.07, 6.45) is 4.53. The molecule has 16 heavy (non-hydrogen) atoms. The summed E-state index contributed by atoms with van der Waals surface area (Å²) >= 11 is 0. The number of nitrogens with zero attached hydrogens (tertiary/aromatic N) is 3. The Morgan fingerprint density at radius 3 is 2.50 bits per heavy atom. The Kier molecular flexibility index (Phi) is 2.77. The van der Waals surface area contributed by atoms with Crippen molar-refractivity contribution in [2.45, 2.75) is 0 Å². The van der Waals surface area contributed by atoms with E-state index < -0.39 is 6.03 Å². The van der Waals surface area contributed by atoms with E-state index in [9.17, 15) is 4.79 Å². The molecule has 0 aliphatic rings. The zero-order valence-corrected chi connectivity index (χ0v) is 8.45. The van der Waals surface area contributed by atoms with Gasteiger partial charge in [-0.1, -0.05) is 18.2 Å². The summed E-state index contributed by atoms with van der Waals surface area (Å²) in [6.45, 7) is 0. The monoisotopic (exact) mass is 214 g/mol. The fourth-order valence-corrected chi connectivity index (χ4v) is 1.36. The van der Waals surface area contributed by atoms with Gasteiger partial charge in [0.25, 0.3) is 0 Å². The predicted molar refractivity (Wildman–Crippen MR) is 60.2 cm³/mol. The van der Waals surface area contributed by atoms with E-state index in [0.29, 0.717) is 11.5 Å². The maximum atomic E-state index is 11.4. The Morgan fingerprint density at radius 2 is 1.94 bits per heavy atom. The average Bonchev–Trinajstić information content (AvgIpc) is 2.31. The largest absolute Gasteiger partial charge is 0.351 e. The number of anilines is 2. The van der Waals surface area contributed by atoms with Crippen LogP contribution in [0.1, 0.15) is 0 Å². The van der Waals surface area contributed by atoms with Gasteiger partial charge in [0.15, 0.2) is 5.82 Å². The highest BCUT2D eigenvalue weighted by atomic mass is 16.2. The van der Waals surface area contributed by atoms with Crippen molar-refractivity contribution in [1.29, 1.82) is 0 Å². The molecule has 5 heteroatoms. The van der Waals surface area contributed by atoms with Crippen molar-refractivity contribution in [1.82, 2.24) is 9.97 Å². The van der Waals surface area contributed by atoms with E-state index in [4.69, 9.17) is 5.73 Å². The van der Waals surface area contributed by atoms with Gasteiger partial charge >= 0.3 is 6.03 Å². The third kappa shape index (κ3) is 1.98. The zero-order chi connectivity index (χ0) is 11.4. The Morgan fingerprint density at radius 1 is 1.19 bits per heavy atom. The smallest absolute Gasteiger partial charge is 0.325 e. The molecule has 0 bridgehead atoms. The summed E-state index contributed by atoms with van der Waals surface area (Å²) in [5.74, 6) is 0.404. The third-order valence-electron chi connectivity index (χ3n) is 2.01. The standard InChI is InChI=1S/C11H10N4O/c12-11(16)15(9-4-2-1-3-5-9)10-8-13-6-7-14-10/h1-8H,(H2,12,16). The van der Waals surface area contributed by atoms with Crippen LogP contribution in [-0.2, 0) is 0 Å². The molecule has 0 unspecified atom stereocenters. The minimum atomic E-state index is -0.591. The number of rotatable bonds is 2. The number of benzene rings is 1. The number of nitrogens with two attached hydrogens (primary N) is 1. The molecule has 0 saturated heterocycles. The van der Waals surface area contributed by atoms with Crippen LogP contribution in [0.3, 0.4) is 0 Å². The molecule has 0 saturated carbocycles. The van der Waals surface area contributed by atoms with Crippen molar-refractivity contribution < 1.29 is 4.79 Å². The van der Waals surface area contributed by atoms with Gasteiger partial charge in [-0.2, -0.15) is 0 Å². The second-order valence-electron chi connectivity index (χ2n) is 3.07. The first kappa shape index (κ1) is 10.1. The van der Waals surface area contributed by atoms with Crippen LogP contribution in [0.15, 0.2) is 48.9 Å². The fraction of sp³-hybridized carbons (Fsp3) is 0. The minimum absolute atomic E-state index is 0.404. The molecule has 2 rings (SSSR count). The summed E-state index contributed by atoms with van der Waals surface area (Å²) in [5.41, 5.74) is 5.98. The predicted octanol–water partition coefficient (Wildman–Crippen LogP) is 1.69. The number of hydrogen-bond donors (Lipinski definition) is 1. The van der Waals surface area contributed by atoms with Crippen molar-refractivity contribution in [3.8, 4) is 0 Å². The lowest BCUT2D eigenvalue weighted by molar-refractivity contribution is 0.256. The first-order valence-electron chi connectivity index (χ1n) is 4.69. The summed E-state index contributed by atoms with van der Waals surface area (Å²) in [5, 5.41) is 0. The maximum Gasteiger partial charge on any atom is 0.325 e. The van der Waals surface area contributed by atoms with Gasteiger partial charge in [0.2, 0.25) is 0 Å². The molecular weight excluding hydrogens is 204 g/mol. The summed E-state index contributed by atoms with van der Waals surface area (Å²) in [4.78, 5) is 20.6. The lowest BCUT2D eigenvalue weighted by Gasteiger charge is -2.18. The number of aromatic nitrogens is 2. The van der Waals surface area contributed by atoms with E-state index in [0.717, 1.165) is 0 Å². The van der Waals surface area contributed by atoms with E-state index in [1.807, 2.05) is 18.2 Å². The Balaban J connectivity index is 2.44. The molecule has 1 aromatic carbocycles. The third-order valence-corrected chi connectivity index (χ3v) is 2.01. The molecule has 1 heterocycles. The quantitative estimate of drug-likeness (QED) is 0.826. The zero-order valence-electron chi connectivity index (χ0n) is 8.45. The van der Waals surface area contributed by atoms with Crippen molar-refractivity contribution in [3.63, 3.8) is 0 Å². The van der Waals surface area contributed by atoms with E-state index in [1.165, 1.54) is 23.5 Å². The highest BCUT2D eigenvalue weighted by molar-refractivity contribution is 5.97. The van der Waals surface area contributed by atoms with Crippen LogP contribution in [0.2, 0.25) is 0 Å². The van der Waals surface area contributed by atoms with Gasteiger partial charge < -0.3 is 5.73 Å². The molecule has 0 spiro atoms. The second kappa shape index (κ2) is 4.39. The first-order valence-corrected chi connectivity index (χ1v) is 4.69. The van der Waals surface area contributed by atoms with Gasteiger partial charge in [0.05, 0.1) is 11.9 Å². The van der Waals surface area contributed by atoms with Gasteiger partial charge in [-0.25, -0.2) is 14.7 Å². The highest BCUT2D eigenvalue weighted by Crippen LogP contribution is 2.21. The lowest BCUT2D eigenvalue weighted by Crippen LogP contribution is -2.32. The van der Waals surface area contributed by atoms with Gasteiger partial charge in [-0.15, -0.1) is 0 Å². The molecular formula is C11H10N4O. The number of primary amides is 1. The molecule has 2 amide bonds. The number of para-hydroxylation sites is 1. The fourth-order valence-electron chi connectivity index (χ4n) is 1.36. The van der Waals surface area contributed by atoms with Crippen molar-refractivity contribution in [2.75, 3.05) is 4.90 Å². The normalized spacial score (nSPS) is 9.75. The second-order valence-corrected chi connectivity index (χ2v) is 3.07. The molecule has 1 aromatic heterocycles. The molecule has 0 radical (unpaired) electrons. The molecule has 5 nitrogen and oxygen atoms in total. The van der Waals surface area contributed by atoms with E-state index in [-0.39, 0.29) is 0 Å². The van der Waals surface area contributed by atoms with Crippen molar-refractivity contribution in [3.05, 3.63) is 48.9 Å². The van der Waals surface area contributed by atoms with Crippen LogP contribution in [-0.4, -0.2) is 16.0 Å². The molecule has 0 aliphatic heterocycles. The van der Waals surface area contributed by atoms with Crippen LogP contribution in [0.4, 0.5) is 16.3 Å². The van der Waals surface area contributed by atoms with Gasteiger partial charge in [-0.05, 0) is 12.1 Å². The minimum Gasteiger partial charge on any atom is -0.351 e. The van der Waals surface area contributed by atoms with Crippen LogP contribution in [0.25, 0.3) is 0 Å². The van der Waals surface area contributed by atoms with E-state index >= 15 is 0 Å². The highest BCUT2D eigenvalue weighted by Gasteiger charge is 2.15. The number of carbonyl (C=O) groups is 1. The number of urea groups is 1. The van der Waals surface area contributed by atoms with Crippen LogP contribution in [0.5, 0.6) is 0 Å². The van der Waals surface area contributed by atoms with E-state index in [1.54, 1.807) is 12.1 Å². The van der Waals surface area contributed by atoms with Crippen molar-refractivity contribution in [2.24, 2.45) is 5.73 Å². The molecule has 0 fully saturated rings. The van der Waals surface area contributed by atoms with Gasteiger partial charge in [0, 0.05) is 12.4 Å². The number of carbonyl (C=O) groups excluding carboxylic acids is 1. The Bertz CT molecular complexity index is 432. The van der Waals surface area contributed by atoms with Gasteiger partial charge in [0.1, 0.15) is 0 Å². The maximum absolute atomic E-state index is 11.4.